The minimum atomic E-state index is -0.237. The molecular formula is C25H30FN3O2. The van der Waals surface area contributed by atoms with Crippen LogP contribution in [0.4, 0.5) is 9.18 Å². The summed E-state index contributed by atoms with van der Waals surface area (Å²) in [6.07, 6.45) is 5.80. The largest absolute Gasteiger partial charge is 0.338 e. The van der Waals surface area contributed by atoms with Gasteiger partial charge in [0.25, 0.3) is 0 Å². The average molecular weight is 424 g/mol. The molecule has 0 aromatic heterocycles. The summed E-state index contributed by atoms with van der Waals surface area (Å²) in [6.45, 7) is 2.41. The highest BCUT2D eigenvalue weighted by Crippen LogP contribution is 2.40. The van der Waals surface area contributed by atoms with Gasteiger partial charge in [-0.3, -0.25) is 4.79 Å². The summed E-state index contributed by atoms with van der Waals surface area (Å²) in [6, 6.07) is 14.5. The second-order valence-electron chi connectivity index (χ2n) is 8.77. The topological polar surface area (TPSA) is 61.4 Å². The Balaban J connectivity index is 1.30. The summed E-state index contributed by atoms with van der Waals surface area (Å²) in [5, 5.41) is 5.97. The van der Waals surface area contributed by atoms with Crippen molar-refractivity contribution in [1.29, 1.82) is 0 Å². The van der Waals surface area contributed by atoms with Gasteiger partial charge < -0.3 is 15.5 Å². The van der Waals surface area contributed by atoms with E-state index >= 15 is 0 Å². The molecule has 5 nitrogen and oxygen atoms in total. The van der Waals surface area contributed by atoms with Crippen LogP contribution in [0.5, 0.6) is 0 Å². The molecule has 2 fully saturated rings. The molecule has 0 unspecified atom stereocenters. The first-order valence-electron chi connectivity index (χ1n) is 11.2. The lowest BCUT2D eigenvalue weighted by molar-refractivity contribution is -0.128. The van der Waals surface area contributed by atoms with Crippen molar-refractivity contribution in [2.24, 2.45) is 0 Å². The van der Waals surface area contributed by atoms with Crippen LogP contribution in [0.25, 0.3) is 0 Å². The summed E-state index contributed by atoms with van der Waals surface area (Å²) >= 11 is 0. The van der Waals surface area contributed by atoms with E-state index in [1.165, 1.54) is 12.1 Å². The summed E-state index contributed by atoms with van der Waals surface area (Å²) in [5.41, 5.74) is 3.06. The molecule has 0 spiro atoms. The summed E-state index contributed by atoms with van der Waals surface area (Å²) < 4.78 is 13.3. The predicted molar refractivity (Wildman–Crippen MR) is 118 cm³/mol. The number of halogens is 1. The lowest BCUT2D eigenvalue weighted by atomic mass is 9.79. The lowest BCUT2D eigenvalue weighted by Gasteiger charge is -2.30. The Labute approximate surface area is 183 Å². The van der Waals surface area contributed by atoms with E-state index in [0.29, 0.717) is 26.1 Å². The van der Waals surface area contributed by atoms with Gasteiger partial charge in [-0.25, -0.2) is 9.18 Å². The predicted octanol–water partition coefficient (Wildman–Crippen LogP) is 4.26. The van der Waals surface area contributed by atoms with Crippen LogP contribution in [-0.2, 0) is 23.3 Å². The first kappa shape index (κ1) is 21.3. The Morgan fingerprint density at radius 1 is 1.00 bits per heavy atom. The van der Waals surface area contributed by atoms with E-state index in [9.17, 15) is 14.0 Å². The number of likely N-dealkylation sites (tertiary alicyclic amines) is 1. The second-order valence-corrected chi connectivity index (χ2v) is 8.77. The highest BCUT2D eigenvalue weighted by molar-refractivity contribution is 5.78. The zero-order chi connectivity index (χ0) is 21.7. The van der Waals surface area contributed by atoms with Crippen molar-refractivity contribution in [1.82, 2.24) is 15.5 Å². The molecule has 0 atom stereocenters. The zero-order valence-electron chi connectivity index (χ0n) is 17.8. The van der Waals surface area contributed by atoms with Crippen LogP contribution in [0, 0.1) is 5.82 Å². The normalized spacial score (nSPS) is 17.7. The maximum absolute atomic E-state index is 13.3. The zero-order valence-corrected chi connectivity index (χ0v) is 17.8. The van der Waals surface area contributed by atoms with Gasteiger partial charge in [-0.1, -0.05) is 49.2 Å². The fourth-order valence-electron chi connectivity index (χ4n) is 4.85. The van der Waals surface area contributed by atoms with Crippen LogP contribution in [0.15, 0.2) is 48.5 Å². The van der Waals surface area contributed by atoms with E-state index in [4.69, 9.17) is 0 Å². The standard InChI is InChI=1S/C25H30FN3O2/c26-22-10-8-21(9-11-22)25(12-1-2-13-25)18-28-24(31)27-16-19-5-3-6-20(15-19)17-29-14-4-7-23(29)30/h3,5-6,8-11,15H,1-2,4,7,12-14,16-18H2,(H2,27,28,31). The second kappa shape index (κ2) is 9.50. The SMILES string of the molecule is O=C(NCc1cccc(CN2CCCC2=O)c1)NCC1(c2ccc(F)cc2)CCCC1. The first-order chi connectivity index (χ1) is 15.0. The summed E-state index contributed by atoms with van der Waals surface area (Å²) in [4.78, 5) is 26.2. The number of carbonyl (C=O) groups is 2. The van der Waals surface area contributed by atoms with E-state index in [-0.39, 0.29) is 23.2 Å². The Hall–Kier alpha value is -2.89. The maximum Gasteiger partial charge on any atom is 0.315 e. The van der Waals surface area contributed by atoms with Crippen LogP contribution in [0.3, 0.4) is 0 Å². The number of amides is 3. The number of hydrogen-bond acceptors (Lipinski definition) is 2. The van der Waals surface area contributed by atoms with Crippen LogP contribution in [0.1, 0.15) is 55.2 Å². The Kier molecular flexibility index (Phi) is 6.54. The molecular weight excluding hydrogens is 393 g/mol. The summed E-state index contributed by atoms with van der Waals surface area (Å²) in [5.74, 6) is -0.0242. The molecule has 1 aliphatic carbocycles. The molecule has 1 heterocycles. The molecule has 3 amide bonds. The molecule has 4 rings (SSSR count). The smallest absolute Gasteiger partial charge is 0.315 e. The molecule has 1 saturated heterocycles. The minimum absolute atomic E-state index is 0.118. The lowest BCUT2D eigenvalue weighted by Crippen LogP contribution is -2.43. The van der Waals surface area contributed by atoms with Crippen LogP contribution in [0.2, 0.25) is 0 Å². The van der Waals surface area contributed by atoms with Crippen molar-refractivity contribution in [2.45, 2.75) is 57.0 Å². The van der Waals surface area contributed by atoms with E-state index in [1.54, 1.807) is 0 Å². The molecule has 1 aliphatic heterocycles. The van der Waals surface area contributed by atoms with Crippen LogP contribution in [-0.4, -0.2) is 29.9 Å². The highest BCUT2D eigenvalue weighted by atomic mass is 19.1. The molecule has 1 saturated carbocycles. The van der Waals surface area contributed by atoms with Gasteiger partial charge in [-0.15, -0.1) is 0 Å². The van der Waals surface area contributed by atoms with Gasteiger partial charge in [-0.05, 0) is 48.1 Å². The molecule has 2 N–H and O–H groups in total. The number of hydrogen-bond donors (Lipinski definition) is 2. The third kappa shape index (κ3) is 5.24. The van der Waals surface area contributed by atoms with Crippen LogP contribution >= 0.6 is 0 Å². The first-order valence-corrected chi connectivity index (χ1v) is 11.2. The Morgan fingerprint density at radius 3 is 2.45 bits per heavy atom. The van der Waals surface area contributed by atoms with Gasteiger partial charge in [0.15, 0.2) is 0 Å². The molecule has 31 heavy (non-hydrogen) atoms. The van der Waals surface area contributed by atoms with Gasteiger partial charge in [0.05, 0.1) is 0 Å². The molecule has 0 bridgehead atoms. The van der Waals surface area contributed by atoms with E-state index in [1.807, 2.05) is 41.3 Å². The monoisotopic (exact) mass is 423 g/mol. The number of benzene rings is 2. The van der Waals surface area contributed by atoms with Gasteiger partial charge in [0.1, 0.15) is 5.82 Å². The van der Waals surface area contributed by atoms with Crippen molar-refractivity contribution in [3.63, 3.8) is 0 Å². The van der Waals surface area contributed by atoms with E-state index in [0.717, 1.165) is 55.3 Å². The fourth-order valence-corrected chi connectivity index (χ4v) is 4.85. The third-order valence-corrected chi connectivity index (χ3v) is 6.59. The van der Waals surface area contributed by atoms with Crippen LogP contribution < -0.4 is 10.6 Å². The fraction of sp³-hybridized carbons (Fsp3) is 0.440. The maximum atomic E-state index is 13.3. The number of carbonyl (C=O) groups excluding carboxylic acids is 2. The quantitative estimate of drug-likeness (QED) is 0.699. The minimum Gasteiger partial charge on any atom is -0.338 e. The van der Waals surface area contributed by atoms with Crippen molar-refractivity contribution < 1.29 is 14.0 Å². The summed E-state index contributed by atoms with van der Waals surface area (Å²) in [7, 11) is 0. The van der Waals surface area contributed by atoms with Gasteiger partial charge in [0, 0.05) is 38.0 Å². The van der Waals surface area contributed by atoms with Gasteiger partial charge >= 0.3 is 6.03 Å². The Morgan fingerprint density at radius 2 is 1.74 bits per heavy atom. The highest BCUT2D eigenvalue weighted by Gasteiger charge is 2.35. The number of urea groups is 1. The van der Waals surface area contributed by atoms with Gasteiger partial charge in [-0.2, -0.15) is 0 Å². The van der Waals surface area contributed by atoms with Crippen molar-refractivity contribution in [3.05, 3.63) is 71.0 Å². The molecule has 2 aromatic rings. The molecule has 0 radical (unpaired) electrons. The Bertz CT molecular complexity index is 923. The van der Waals surface area contributed by atoms with Crippen molar-refractivity contribution in [3.8, 4) is 0 Å². The number of nitrogens with zero attached hydrogens (tertiary/aromatic N) is 1. The number of nitrogens with one attached hydrogen (secondary N) is 2. The molecule has 6 heteroatoms. The number of rotatable bonds is 7. The van der Waals surface area contributed by atoms with E-state index < -0.39 is 0 Å². The average Bonchev–Trinajstić information content (AvgIpc) is 3.42. The molecule has 2 aliphatic rings. The molecule has 2 aromatic carbocycles. The van der Waals surface area contributed by atoms with Gasteiger partial charge in [0.2, 0.25) is 5.91 Å². The van der Waals surface area contributed by atoms with Crippen molar-refractivity contribution in [2.75, 3.05) is 13.1 Å². The third-order valence-electron chi connectivity index (χ3n) is 6.59. The molecule has 164 valence electrons. The van der Waals surface area contributed by atoms with E-state index in [2.05, 4.69) is 10.6 Å². The van der Waals surface area contributed by atoms with Crippen molar-refractivity contribution >= 4 is 11.9 Å².